The molecule has 5 atom stereocenters. The molecule has 1 fully saturated rings. The number of rotatable bonds is 12. The Kier molecular flexibility index (Phi) is 10.9. The highest BCUT2D eigenvalue weighted by Gasteiger charge is 2.47. The lowest BCUT2D eigenvalue weighted by atomic mass is 10.0. The average Bonchev–Trinajstić information content (AvgIpc) is 2.99. The van der Waals surface area contributed by atoms with Gasteiger partial charge in [0.05, 0.1) is 30.4 Å². The van der Waals surface area contributed by atoms with Gasteiger partial charge in [-0.3, -0.25) is 0 Å². The SMILES string of the molecule is I[C@@H]1[C@H](OCc2ccccc2)[C@@H](OCc2ccccc2)[C@@H](COCc2ccccc2)O[C@H]1Sc1ccccc1. The van der Waals surface area contributed by atoms with Gasteiger partial charge in [-0.25, -0.2) is 0 Å². The fraction of sp³-hybridized carbons (Fsp3) is 0.273. The van der Waals surface area contributed by atoms with Crippen molar-refractivity contribution in [2.75, 3.05) is 6.61 Å². The van der Waals surface area contributed by atoms with Gasteiger partial charge in [0, 0.05) is 4.90 Å². The molecule has 202 valence electrons. The van der Waals surface area contributed by atoms with E-state index in [9.17, 15) is 0 Å². The Labute approximate surface area is 249 Å². The summed E-state index contributed by atoms with van der Waals surface area (Å²) in [6.45, 7) is 1.92. The van der Waals surface area contributed by atoms with Gasteiger partial charge in [0.15, 0.2) is 0 Å². The van der Waals surface area contributed by atoms with Gasteiger partial charge in [0.1, 0.15) is 23.7 Å². The molecule has 0 spiro atoms. The summed E-state index contributed by atoms with van der Waals surface area (Å²) in [5.41, 5.74) is 3.28. The van der Waals surface area contributed by atoms with Crippen LogP contribution < -0.4 is 0 Å². The van der Waals surface area contributed by atoms with Crippen LogP contribution in [0.4, 0.5) is 0 Å². The molecule has 0 amide bonds. The third kappa shape index (κ3) is 8.39. The standard InChI is InChI=1S/C33H33IO4S/c34-30-32(37-23-27-17-9-3-10-18-27)31(36-22-26-15-7-2-8-16-26)29(24-35-21-25-13-5-1-6-14-25)38-33(30)39-28-19-11-4-12-20-28/h1-20,29-33H,21-24H2/t29-,30-,31+,32+,33+/m1/s1. The lowest BCUT2D eigenvalue weighted by Gasteiger charge is -2.44. The molecule has 4 aromatic rings. The van der Waals surface area contributed by atoms with E-state index in [4.69, 9.17) is 18.9 Å². The lowest BCUT2D eigenvalue weighted by Crippen LogP contribution is -2.57. The van der Waals surface area contributed by atoms with Gasteiger partial charge in [0.2, 0.25) is 0 Å². The Morgan fingerprint density at radius 2 is 1.05 bits per heavy atom. The van der Waals surface area contributed by atoms with Crippen molar-refractivity contribution in [3.05, 3.63) is 138 Å². The van der Waals surface area contributed by atoms with E-state index in [1.807, 2.05) is 60.7 Å². The largest absolute Gasteiger partial charge is 0.374 e. The van der Waals surface area contributed by atoms with Crippen molar-refractivity contribution in [1.29, 1.82) is 0 Å². The first-order valence-electron chi connectivity index (χ1n) is 13.2. The van der Waals surface area contributed by atoms with Gasteiger partial charge >= 0.3 is 0 Å². The van der Waals surface area contributed by atoms with Crippen LogP contribution in [0.1, 0.15) is 16.7 Å². The zero-order valence-electron chi connectivity index (χ0n) is 21.7. The predicted molar refractivity (Wildman–Crippen MR) is 165 cm³/mol. The molecule has 5 rings (SSSR count). The van der Waals surface area contributed by atoms with Crippen molar-refractivity contribution in [3.8, 4) is 0 Å². The molecule has 0 N–H and O–H groups in total. The number of hydrogen-bond acceptors (Lipinski definition) is 5. The zero-order chi connectivity index (χ0) is 26.7. The molecule has 0 unspecified atom stereocenters. The highest BCUT2D eigenvalue weighted by Crippen LogP contribution is 2.40. The highest BCUT2D eigenvalue weighted by atomic mass is 127. The van der Waals surface area contributed by atoms with Crippen molar-refractivity contribution in [2.45, 2.75) is 52.4 Å². The topological polar surface area (TPSA) is 36.9 Å². The fourth-order valence-electron chi connectivity index (χ4n) is 4.52. The maximum atomic E-state index is 6.75. The van der Waals surface area contributed by atoms with Gasteiger partial charge in [-0.15, -0.1) is 0 Å². The van der Waals surface area contributed by atoms with Crippen LogP contribution in [0.2, 0.25) is 0 Å². The van der Waals surface area contributed by atoms with Crippen molar-refractivity contribution in [3.63, 3.8) is 0 Å². The monoisotopic (exact) mass is 652 g/mol. The molecule has 0 saturated carbocycles. The Morgan fingerprint density at radius 1 is 0.590 bits per heavy atom. The highest BCUT2D eigenvalue weighted by molar-refractivity contribution is 14.1. The number of halogens is 1. The van der Waals surface area contributed by atoms with Crippen LogP contribution in [0.25, 0.3) is 0 Å². The minimum Gasteiger partial charge on any atom is -0.374 e. The summed E-state index contributed by atoms with van der Waals surface area (Å²) in [7, 11) is 0. The molecule has 0 aliphatic carbocycles. The number of benzene rings is 4. The molecule has 0 radical (unpaired) electrons. The molecule has 6 heteroatoms. The predicted octanol–water partition coefficient (Wildman–Crippen LogP) is 7.69. The van der Waals surface area contributed by atoms with E-state index in [0.29, 0.717) is 26.4 Å². The van der Waals surface area contributed by atoms with E-state index in [1.54, 1.807) is 11.8 Å². The van der Waals surface area contributed by atoms with Crippen molar-refractivity contribution >= 4 is 34.4 Å². The summed E-state index contributed by atoms with van der Waals surface area (Å²) in [6, 6.07) is 41.2. The zero-order valence-corrected chi connectivity index (χ0v) is 24.7. The number of ether oxygens (including phenoxy) is 4. The summed E-state index contributed by atoms with van der Waals surface area (Å²) in [4.78, 5) is 1.17. The molecular weight excluding hydrogens is 619 g/mol. The van der Waals surface area contributed by atoms with E-state index in [-0.39, 0.29) is 27.7 Å². The first-order chi connectivity index (χ1) is 19.3. The smallest absolute Gasteiger partial charge is 0.122 e. The third-order valence-corrected chi connectivity index (χ3v) is 9.56. The van der Waals surface area contributed by atoms with Crippen LogP contribution >= 0.6 is 34.4 Å². The molecule has 1 heterocycles. The maximum Gasteiger partial charge on any atom is 0.122 e. The first-order valence-corrected chi connectivity index (χ1v) is 15.3. The van der Waals surface area contributed by atoms with Gasteiger partial charge in [-0.05, 0) is 28.8 Å². The third-order valence-electron chi connectivity index (χ3n) is 6.53. The van der Waals surface area contributed by atoms with E-state index in [1.165, 1.54) is 4.90 Å². The van der Waals surface area contributed by atoms with Crippen molar-refractivity contribution < 1.29 is 18.9 Å². The molecule has 1 aliphatic heterocycles. The second-order valence-electron chi connectivity index (χ2n) is 9.44. The van der Waals surface area contributed by atoms with Gasteiger partial charge in [-0.1, -0.05) is 144 Å². The molecule has 0 bridgehead atoms. The number of thioether (sulfide) groups is 1. The first kappa shape index (κ1) is 28.3. The lowest BCUT2D eigenvalue weighted by molar-refractivity contribution is -0.199. The number of hydrogen-bond donors (Lipinski definition) is 0. The van der Waals surface area contributed by atoms with E-state index in [0.717, 1.165) is 16.7 Å². The fourth-order valence-corrected chi connectivity index (χ4v) is 6.81. The normalized spacial score (nSPS) is 22.9. The summed E-state index contributed by atoms with van der Waals surface area (Å²) in [5, 5.41) is 0. The minimum absolute atomic E-state index is 0.0580. The molecule has 4 nitrogen and oxygen atoms in total. The Balaban J connectivity index is 1.37. The Morgan fingerprint density at radius 3 is 1.59 bits per heavy atom. The van der Waals surface area contributed by atoms with Crippen molar-refractivity contribution in [1.82, 2.24) is 0 Å². The van der Waals surface area contributed by atoms with Crippen LogP contribution in [0.3, 0.4) is 0 Å². The van der Waals surface area contributed by atoms with E-state index >= 15 is 0 Å². The second kappa shape index (κ2) is 15.0. The van der Waals surface area contributed by atoms with Crippen molar-refractivity contribution in [2.24, 2.45) is 0 Å². The van der Waals surface area contributed by atoms with Crippen LogP contribution in [0, 0.1) is 0 Å². The Hall–Kier alpha value is -2.20. The second-order valence-corrected chi connectivity index (χ2v) is 12.1. The van der Waals surface area contributed by atoms with Gasteiger partial charge < -0.3 is 18.9 Å². The summed E-state index contributed by atoms with van der Waals surface area (Å²) < 4.78 is 26.3. The molecule has 39 heavy (non-hydrogen) atoms. The van der Waals surface area contributed by atoms with Crippen LogP contribution in [-0.2, 0) is 38.8 Å². The van der Waals surface area contributed by atoms with Gasteiger partial charge in [0.25, 0.3) is 0 Å². The summed E-state index contributed by atoms with van der Waals surface area (Å²) in [6.07, 6.45) is -0.764. The van der Waals surface area contributed by atoms with Gasteiger partial charge in [-0.2, -0.15) is 0 Å². The molecule has 1 aliphatic rings. The summed E-state index contributed by atoms with van der Waals surface area (Å²) >= 11 is 4.21. The molecule has 4 aromatic carbocycles. The Bertz CT molecular complexity index is 1230. The van der Waals surface area contributed by atoms with Crippen LogP contribution in [-0.4, -0.2) is 34.3 Å². The molecule has 1 saturated heterocycles. The minimum atomic E-state index is -0.292. The average molecular weight is 653 g/mol. The van der Waals surface area contributed by atoms with E-state index < -0.39 is 0 Å². The molecule has 0 aromatic heterocycles. The quantitative estimate of drug-likeness (QED) is 0.116. The molecular formula is C33H33IO4S. The summed E-state index contributed by atoms with van der Waals surface area (Å²) in [5.74, 6) is 0. The van der Waals surface area contributed by atoms with Crippen LogP contribution in [0.15, 0.2) is 126 Å². The van der Waals surface area contributed by atoms with Crippen LogP contribution in [0.5, 0.6) is 0 Å². The maximum absolute atomic E-state index is 6.75. The number of alkyl halides is 1. The van der Waals surface area contributed by atoms with E-state index in [2.05, 4.69) is 83.3 Å².